The van der Waals surface area contributed by atoms with Crippen molar-refractivity contribution in [1.29, 1.82) is 0 Å². The Morgan fingerprint density at radius 1 is 0.885 bits per heavy atom. The third-order valence-corrected chi connectivity index (χ3v) is 4.83. The fourth-order valence-electron chi connectivity index (χ4n) is 2.13. The van der Waals surface area contributed by atoms with Crippen molar-refractivity contribution in [2.45, 2.75) is 11.8 Å². The molecular weight excluding hydrogens is 362 g/mol. The lowest BCUT2D eigenvalue weighted by molar-refractivity contribution is 0.478. The molecule has 0 atom stereocenters. The SMILES string of the molecule is C/C(=C\Oc1ccccc1)C(=Nc1ccccc1)Sc1ccc(Cl)cc1. The second kappa shape index (κ2) is 9.27. The van der Waals surface area contributed by atoms with E-state index in [1.165, 1.54) is 0 Å². The fraction of sp³-hybridized carbons (Fsp3) is 0.0455. The molecule has 26 heavy (non-hydrogen) atoms. The zero-order valence-electron chi connectivity index (χ0n) is 14.3. The van der Waals surface area contributed by atoms with Crippen LogP contribution in [0.3, 0.4) is 0 Å². The van der Waals surface area contributed by atoms with Crippen molar-refractivity contribution in [3.8, 4) is 5.75 Å². The molecule has 0 spiro atoms. The van der Waals surface area contributed by atoms with Gasteiger partial charge in [-0.15, -0.1) is 0 Å². The topological polar surface area (TPSA) is 21.6 Å². The number of thioether (sulfide) groups is 1. The van der Waals surface area contributed by atoms with Crippen molar-refractivity contribution >= 4 is 34.1 Å². The van der Waals surface area contributed by atoms with E-state index in [1.807, 2.05) is 91.9 Å². The van der Waals surface area contributed by atoms with Gasteiger partial charge in [-0.1, -0.05) is 59.8 Å². The van der Waals surface area contributed by atoms with E-state index in [0.717, 1.165) is 32.0 Å². The Morgan fingerprint density at radius 3 is 2.15 bits per heavy atom. The summed E-state index contributed by atoms with van der Waals surface area (Å²) in [7, 11) is 0. The van der Waals surface area contributed by atoms with Crippen LogP contribution >= 0.6 is 23.4 Å². The molecule has 3 rings (SSSR count). The van der Waals surface area contributed by atoms with Crippen LogP contribution in [0, 0.1) is 0 Å². The quantitative estimate of drug-likeness (QED) is 0.203. The number of aliphatic imine (C=N–C) groups is 1. The van der Waals surface area contributed by atoms with Crippen LogP contribution in [0.2, 0.25) is 5.02 Å². The van der Waals surface area contributed by atoms with Crippen molar-refractivity contribution in [3.63, 3.8) is 0 Å². The first-order valence-corrected chi connectivity index (χ1v) is 9.36. The standard InChI is InChI=1S/C22H18ClNOS/c1-17(16-25-20-10-6-3-7-11-20)22(24-19-8-4-2-5-9-19)26-21-14-12-18(23)13-15-21/h2-16H,1H3/b17-16+,24-22?. The molecule has 0 heterocycles. The molecule has 0 aliphatic heterocycles. The molecule has 0 N–H and O–H groups in total. The van der Waals surface area contributed by atoms with Crippen molar-refractivity contribution < 1.29 is 4.74 Å². The summed E-state index contributed by atoms with van der Waals surface area (Å²) in [5.41, 5.74) is 1.84. The molecule has 0 aliphatic rings. The van der Waals surface area contributed by atoms with Gasteiger partial charge in [0.25, 0.3) is 0 Å². The number of hydrogen-bond donors (Lipinski definition) is 0. The summed E-state index contributed by atoms with van der Waals surface area (Å²) in [6, 6.07) is 27.3. The first kappa shape index (κ1) is 18.3. The van der Waals surface area contributed by atoms with E-state index in [0.29, 0.717) is 0 Å². The van der Waals surface area contributed by atoms with Crippen LogP contribution in [-0.4, -0.2) is 5.04 Å². The molecule has 0 unspecified atom stereocenters. The van der Waals surface area contributed by atoms with Crippen molar-refractivity contribution in [2.75, 3.05) is 0 Å². The Balaban J connectivity index is 1.86. The molecule has 0 radical (unpaired) electrons. The summed E-state index contributed by atoms with van der Waals surface area (Å²) in [6.45, 7) is 1.99. The van der Waals surface area contributed by atoms with Crippen molar-refractivity contribution in [2.24, 2.45) is 4.99 Å². The first-order chi connectivity index (χ1) is 12.7. The summed E-state index contributed by atoms with van der Waals surface area (Å²) in [4.78, 5) is 5.85. The Kier molecular flexibility index (Phi) is 6.53. The van der Waals surface area contributed by atoms with Gasteiger partial charge in [0, 0.05) is 15.5 Å². The second-order valence-electron chi connectivity index (χ2n) is 5.54. The molecule has 0 amide bonds. The minimum Gasteiger partial charge on any atom is -0.465 e. The lowest BCUT2D eigenvalue weighted by atomic mass is 10.3. The van der Waals surface area contributed by atoms with Gasteiger partial charge < -0.3 is 4.74 Å². The van der Waals surface area contributed by atoms with E-state index in [4.69, 9.17) is 21.3 Å². The number of halogens is 1. The molecule has 0 saturated carbocycles. The van der Waals surface area contributed by atoms with Gasteiger partial charge in [0.05, 0.1) is 11.9 Å². The number of ether oxygens (including phenoxy) is 1. The third-order valence-electron chi connectivity index (χ3n) is 3.47. The molecular formula is C22H18ClNOS. The van der Waals surface area contributed by atoms with Gasteiger partial charge in [-0.2, -0.15) is 0 Å². The van der Waals surface area contributed by atoms with Gasteiger partial charge in [0.1, 0.15) is 10.8 Å². The van der Waals surface area contributed by atoms with Gasteiger partial charge in [-0.25, -0.2) is 4.99 Å². The highest BCUT2D eigenvalue weighted by Crippen LogP contribution is 2.27. The average Bonchev–Trinajstić information content (AvgIpc) is 2.69. The Bertz CT molecular complexity index is 890. The van der Waals surface area contributed by atoms with Gasteiger partial charge in [0.2, 0.25) is 0 Å². The Morgan fingerprint density at radius 2 is 1.50 bits per heavy atom. The van der Waals surface area contributed by atoms with E-state index < -0.39 is 0 Å². The van der Waals surface area contributed by atoms with Crippen LogP contribution in [0.25, 0.3) is 0 Å². The molecule has 3 aromatic carbocycles. The largest absolute Gasteiger partial charge is 0.465 e. The monoisotopic (exact) mass is 379 g/mol. The minimum absolute atomic E-state index is 0.718. The van der Waals surface area contributed by atoms with Crippen LogP contribution in [-0.2, 0) is 0 Å². The van der Waals surface area contributed by atoms with Crippen LogP contribution in [0.15, 0.2) is 107 Å². The first-order valence-electron chi connectivity index (χ1n) is 8.17. The smallest absolute Gasteiger partial charge is 0.126 e. The molecule has 0 aliphatic carbocycles. The van der Waals surface area contributed by atoms with E-state index >= 15 is 0 Å². The maximum atomic E-state index is 5.99. The normalized spacial score (nSPS) is 12.1. The van der Waals surface area contributed by atoms with Crippen LogP contribution < -0.4 is 4.74 Å². The number of nitrogens with zero attached hydrogens (tertiary/aromatic N) is 1. The summed E-state index contributed by atoms with van der Waals surface area (Å²) in [5.74, 6) is 0.794. The summed E-state index contributed by atoms with van der Waals surface area (Å²) in [6.07, 6.45) is 1.74. The Hall–Kier alpha value is -2.49. The van der Waals surface area contributed by atoms with Gasteiger partial charge >= 0.3 is 0 Å². The molecule has 0 bridgehead atoms. The van der Waals surface area contributed by atoms with Crippen molar-refractivity contribution in [1.82, 2.24) is 0 Å². The van der Waals surface area contributed by atoms with Crippen LogP contribution in [0.4, 0.5) is 5.69 Å². The number of para-hydroxylation sites is 2. The number of benzene rings is 3. The number of hydrogen-bond acceptors (Lipinski definition) is 3. The highest BCUT2D eigenvalue weighted by molar-refractivity contribution is 8.14. The second-order valence-corrected chi connectivity index (χ2v) is 7.04. The fourth-order valence-corrected chi connectivity index (χ4v) is 3.11. The van der Waals surface area contributed by atoms with Gasteiger partial charge in [0.15, 0.2) is 0 Å². The van der Waals surface area contributed by atoms with E-state index in [2.05, 4.69) is 0 Å². The molecule has 0 fully saturated rings. The molecule has 4 heteroatoms. The van der Waals surface area contributed by atoms with E-state index in [-0.39, 0.29) is 0 Å². The minimum atomic E-state index is 0.718. The van der Waals surface area contributed by atoms with Crippen LogP contribution in [0.1, 0.15) is 6.92 Å². The molecule has 2 nitrogen and oxygen atoms in total. The third kappa shape index (κ3) is 5.51. The molecule has 3 aromatic rings. The van der Waals surface area contributed by atoms with E-state index in [9.17, 15) is 0 Å². The predicted molar refractivity (Wildman–Crippen MR) is 112 cm³/mol. The van der Waals surface area contributed by atoms with Gasteiger partial charge in [-0.3, -0.25) is 0 Å². The maximum absolute atomic E-state index is 5.99. The summed E-state index contributed by atoms with van der Waals surface area (Å²) < 4.78 is 5.77. The zero-order chi connectivity index (χ0) is 18.2. The van der Waals surface area contributed by atoms with Crippen LogP contribution in [0.5, 0.6) is 5.75 Å². The predicted octanol–water partition coefficient (Wildman–Crippen LogP) is 7.15. The molecule has 0 saturated heterocycles. The highest BCUT2D eigenvalue weighted by atomic mass is 35.5. The molecule has 0 aromatic heterocycles. The average molecular weight is 380 g/mol. The number of rotatable bonds is 5. The molecule has 130 valence electrons. The van der Waals surface area contributed by atoms with Crippen molar-refractivity contribution in [3.05, 3.63) is 102 Å². The van der Waals surface area contributed by atoms with Gasteiger partial charge in [-0.05, 0) is 55.5 Å². The summed E-state index contributed by atoms with van der Waals surface area (Å²) >= 11 is 7.57. The van der Waals surface area contributed by atoms with E-state index in [1.54, 1.807) is 18.0 Å². The summed E-state index contributed by atoms with van der Waals surface area (Å²) in [5, 5.41) is 1.59. The highest BCUT2D eigenvalue weighted by Gasteiger charge is 2.07. The Labute approximate surface area is 163 Å². The lowest BCUT2D eigenvalue weighted by Gasteiger charge is -2.08. The zero-order valence-corrected chi connectivity index (χ0v) is 15.9. The lowest BCUT2D eigenvalue weighted by Crippen LogP contribution is -1.97. The maximum Gasteiger partial charge on any atom is 0.126 e.